The highest BCUT2D eigenvalue weighted by Gasteiger charge is 2.26. The first-order valence-corrected chi connectivity index (χ1v) is 9.15. The molecule has 1 unspecified atom stereocenters. The van der Waals surface area contributed by atoms with E-state index in [1.54, 1.807) is 6.20 Å². The van der Waals surface area contributed by atoms with Crippen molar-refractivity contribution in [2.45, 2.75) is 32.1 Å². The van der Waals surface area contributed by atoms with E-state index in [0.717, 1.165) is 49.4 Å². The lowest BCUT2D eigenvalue weighted by Crippen LogP contribution is -2.34. The van der Waals surface area contributed by atoms with Gasteiger partial charge in [-0.05, 0) is 37.5 Å². The second-order valence-corrected chi connectivity index (χ2v) is 6.53. The number of anilines is 1. The molecule has 1 atom stereocenters. The van der Waals surface area contributed by atoms with Crippen molar-refractivity contribution in [1.29, 1.82) is 0 Å². The zero-order chi connectivity index (χ0) is 17.8. The Labute approximate surface area is 152 Å². The van der Waals surface area contributed by atoms with Crippen LogP contribution in [-0.2, 0) is 0 Å². The number of rotatable bonds is 6. The highest BCUT2D eigenvalue weighted by molar-refractivity contribution is 5.62. The number of hydrogen-bond donors (Lipinski definition) is 1. The summed E-state index contributed by atoms with van der Waals surface area (Å²) in [5, 5.41) is 15.7. The van der Waals surface area contributed by atoms with Gasteiger partial charge in [-0.1, -0.05) is 24.2 Å². The quantitative estimate of drug-likeness (QED) is 0.729. The van der Waals surface area contributed by atoms with Gasteiger partial charge in [-0.2, -0.15) is 5.10 Å². The first-order valence-electron chi connectivity index (χ1n) is 9.15. The lowest BCUT2D eigenvalue weighted by molar-refractivity contribution is 0.318. The van der Waals surface area contributed by atoms with Gasteiger partial charge in [0.15, 0.2) is 0 Å². The van der Waals surface area contributed by atoms with Crippen LogP contribution in [0.1, 0.15) is 37.8 Å². The molecule has 0 radical (unpaired) electrons. The van der Waals surface area contributed by atoms with Crippen molar-refractivity contribution in [1.82, 2.24) is 20.4 Å². The van der Waals surface area contributed by atoms with Crippen LogP contribution in [-0.4, -0.2) is 40.1 Å². The van der Waals surface area contributed by atoms with Gasteiger partial charge < -0.3 is 14.1 Å². The fourth-order valence-corrected chi connectivity index (χ4v) is 3.33. The molecule has 3 heterocycles. The summed E-state index contributed by atoms with van der Waals surface area (Å²) in [5.74, 6) is 1.68. The number of H-pyrrole nitrogens is 1. The molecule has 136 valence electrons. The van der Waals surface area contributed by atoms with Gasteiger partial charge >= 0.3 is 6.01 Å². The Balaban J connectivity index is 1.53. The summed E-state index contributed by atoms with van der Waals surface area (Å²) in [6.07, 6.45) is 4.96. The van der Waals surface area contributed by atoms with Gasteiger partial charge in [0.25, 0.3) is 5.89 Å². The van der Waals surface area contributed by atoms with Crippen molar-refractivity contribution < 1.29 is 9.15 Å². The molecule has 7 heteroatoms. The molecular weight excluding hydrogens is 330 g/mol. The lowest BCUT2D eigenvalue weighted by atomic mass is 9.95. The largest absolute Gasteiger partial charge is 0.493 e. The average Bonchev–Trinajstić information content (AvgIpc) is 3.39. The third kappa shape index (κ3) is 3.42. The smallest absolute Gasteiger partial charge is 0.318 e. The van der Waals surface area contributed by atoms with E-state index >= 15 is 0 Å². The van der Waals surface area contributed by atoms with Gasteiger partial charge in [-0.3, -0.25) is 5.10 Å². The van der Waals surface area contributed by atoms with Crippen LogP contribution in [0.3, 0.4) is 0 Å². The van der Waals surface area contributed by atoms with E-state index in [-0.39, 0.29) is 0 Å². The number of piperidine rings is 1. The molecule has 0 amide bonds. The molecular formula is C19H23N5O2. The molecule has 0 saturated carbocycles. The average molecular weight is 353 g/mol. The molecule has 1 aliphatic heterocycles. The van der Waals surface area contributed by atoms with Crippen LogP contribution in [0.25, 0.3) is 11.5 Å². The predicted molar refractivity (Wildman–Crippen MR) is 98.3 cm³/mol. The first-order chi connectivity index (χ1) is 12.8. The van der Waals surface area contributed by atoms with Gasteiger partial charge in [0.05, 0.1) is 12.2 Å². The molecule has 1 fully saturated rings. The van der Waals surface area contributed by atoms with Crippen LogP contribution >= 0.6 is 0 Å². The Kier molecular flexibility index (Phi) is 4.86. The summed E-state index contributed by atoms with van der Waals surface area (Å²) in [7, 11) is 0. The maximum atomic E-state index is 5.99. The zero-order valence-corrected chi connectivity index (χ0v) is 14.9. The summed E-state index contributed by atoms with van der Waals surface area (Å²) in [6.45, 7) is 4.51. The van der Waals surface area contributed by atoms with E-state index in [0.29, 0.717) is 24.4 Å². The number of benzene rings is 1. The molecule has 1 N–H and O–H groups in total. The minimum atomic E-state index is 0.404. The molecule has 7 nitrogen and oxygen atoms in total. The molecule has 3 aromatic rings. The van der Waals surface area contributed by atoms with E-state index in [1.165, 1.54) is 0 Å². The van der Waals surface area contributed by atoms with Gasteiger partial charge in [-0.25, -0.2) is 0 Å². The maximum absolute atomic E-state index is 5.99. The van der Waals surface area contributed by atoms with E-state index < -0.39 is 0 Å². The summed E-state index contributed by atoms with van der Waals surface area (Å²) >= 11 is 0. The number of para-hydroxylation sites is 1. The van der Waals surface area contributed by atoms with Crippen molar-refractivity contribution in [3.05, 3.63) is 42.2 Å². The van der Waals surface area contributed by atoms with Gasteiger partial charge in [0.1, 0.15) is 5.75 Å². The molecule has 0 spiro atoms. The molecule has 1 saturated heterocycles. The van der Waals surface area contributed by atoms with Crippen LogP contribution in [0.2, 0.25) is 0 Å². The van der Waals surface area contributed by atoms with Gasteiger partial charge in [0, 0.05) is 30.9 Å². The van der Waals surface area contributed by atoms with Crippen LogP contribution in [0.5, 0.6) is 5.75 Å². The standard InChI is InChI=1S/C19H23N5O2/c1-2-12-25-17-8-4-3-7-15(17)18-22-23-19(26-18)24-11-5-6-14(13-24)16-9-10-20-21-16/h3-4,7-10,14H,2,5-6,11-13H2,1H3,(H,20,21). The van der Waals surface area contributed by atoms with Crippen LogP contribution < -0.4 is 9.64 Å². The topological polar surface area (TPSA) is 80.1 Å². The summed E-state index contributed by atoms with van der Waals surface area (Å²) in [4.78, 5) is 2.15. The molecule has 0 aliphatic carbocycles. The van der Waals surface area contributed by atoms with Crippen LogP contribution in [0, 0.1) is 0 Å². The highest BCUT2D eigenvalue weighted by atomic mass is 16.5. The third-order valence-electron chi connectivity index (χ3n) is 4.65. The third-order valence-corrected chi connectivity index (χ3v) is 4.65. The molecule has 2 aromatic heterocycles. The number of hydrogen-bond acceptors (Lipinski definition) is 6. The molecule has 1 aliphatic rings. The summed E-state index contributed by atoms with van der Waals surface area (Å²) < 4.78 is 11.8. The second kappa shape index (κ2) is 7.59. The monoisotopic (exact) mass is 353 g/mol. The van der Waals surface area contributed by atoms with Gasteiger partial charge in [-0.15, -0.1) is 5.10 Å². The molecule has 26 heavy (non-hydrogen) atoms. The molecule has 1 aromatic carbocycles. The fourth-order valence-electron chi connectivity index (χ4n) is 3.33. The van der Waals surface area contributed by atoms with E-state index in [2.05, 4.69) is 32.2 Å². The Bertz CT molecular complexity index is 830. The molecule has 4 rings (SSSR count). The van der Waals surface area contributed by atoms with Crippen molar-refractivity contribution in [3.8, 4) is 17.2 Å². The first kappa shape index (κ1) is 16.6. The van der Waals surface area contributed by atoms with Crippen LogP contribution in [0.15, 0.2) is 40.9 Å². The van der Waals surface area contributed by atoms with E-state index in [9.17, 15) is 0 Å². The zero-order valence-electron chi connectivity index (χ0n) is 14.9. The van der Waals surface area contributed by atoms with Crippen molar-refractivity contribution >= 4 is 6.01 Å². The summed E-state index contributed by atoms with van der Waals surface area (Å²) in [5.41, 5.74) is 1.99. The Morgan fingerprint density at radius 1 is 1.27 bits per heavy atom. The number of aromatic amines is 1. The maximum Gasteiger partial charge on any atom is 0.318 e. The number of aromatic nitrogens is 4. The molecule has 0 bridgehead atoms. The van der Waals surface area contributed by atoms with Crippen molar-refractivity contribution in [2.24, 2.45) is 0 Å². The lowest BCUT2D eigenvalue weighted by Gasteiger charge is -2.30. The Hall–Kier alpha value is -2.83. The fraction of sp³-hybridized carbons (Fsp3) is 0.421. The SMILES string of the molecule is CCCOc1ccccc1-c1nnc(N2CCCC(c3ccn[nH]3)C2)o1. The van der Waals surface area contributed by atoms with Gasteiger partial charge in [0.2, 0.25) is 0 Å². The highest BCUT2D eigenvalue weighted by Crippen LogP contribution is 2.33. The van der Waals surface area contributed by atoms with Crippen molar-refractivity contribution in [2.75, 3.05) is 24.6 Å². The Morgan fingerprint density at radius 3 is 3.04 bits per heavy atom. The Morgan fingerprint density at radius 2 is 2.19 bits per heavy atom. The second-order valence-electron chi connectivity index (χ2n) is 6.53. The van der Waals surface area contributed by atoms with Crippen molar-refractivity contribution in [3.63, 3.8) is 0 Å². The van der Waals surface area contributed by atoms with Crippen LogP contribution in [0.4, 0.5) is 6.01 Å². The predicted octanol–water partition coefficient (Wildman–Crippen LogP) is 3.63. The van der Waals surface area contributed by atoms with E-state index in [4.69, 9.17) is 9.15 Å². The number of nitrogens with zero attached hydrogens (tertiary/aromatic N) is 4. The van der Waals surface area contributed by atoms with E-state index in [1.807, 2.05) is 30.3 Å². The minimum Gasteiger partial charge on any atom is -0.493 e. The summed E-state index contributed by atoms with van der Waals surface area (Å²) in [6, 6.07) is 10.4. The number of nitrogens with one attached hydrogen (secondary N) is 1. The number of ether oxygens (including phenoxy) is 1. The normalized spacial score (nSPS) is 17.4. The minimum absolute atomic E-state index is 0.404.